The maximum Gasteiger partial charge on any atom is 0.292 e. The number of nitrogen functional groups attached to an aromatic ring is 1. The number of aromatic nitrogens is 1. The molecule has 0 aliphatic heterocycles. The van der Waals surface area contributed by atoms with E-state index < -0.39 is 0 Å². The minimum Gasteiger partial charge on any atom is -0.423 e. The lowest BCUT2D eigenvalue weighted by atomic mass is 10.4. The SMILES string of the molecule is Cc1ccc(-c2cnc(N)o2)s1. The van der Waals surface area contributed by atoms with Gasteiger partial charge in [0.25, 0.3) is 6.01 Å². The highest BCUT2D eigenvalue weighted by Crippen LogP contribution is 2.28. The molecule has 4 heteroatoms. The molecule has 2 aromatic heterocycles. The Labute approximate surface area is 73.8 Å². The molecule has 3 nitrogen and oxygen atoms in total. The van der Waals surface area contributed by atoms with Crippen molar-refractivity contribution in [1.29, 1.82) is 0 Å². The second-order valence-corrected chi connectivity index (χ2v) is 3.76. The number of anilines is 1. The van der Waals surface area contributed by atoms with E-state index in [-0.39, 0.29) is 6.01 Å². The molecule has 2 heterocycles. The van der Waals surface area contributed by atoms with Gasteiger partial charge < -0.3 is 10.2 Å². The molecule has 12 heavy (non-hydrogen) atoms. The fourth-order valence-electron chi connectivity index (χ4n) is 0.968. The molecular formula is C8H8N2OS. The van der Waals surface area contributed by atoms with Gasteiger partial charge in [-0.1, -0.05) is 0 Å². The Morgan fingerprint density at radius 2 is 2.33 bits per heavy atom. The smallest absolute Gasteiger partial charge is 0.292 e. The van der Waals surface area contributed by atoms with E-state index in [4.69, 9.17) is 10.2 Å². The lowest BCUT2D eigenvalue weighted by molar-refractivity contribution is 0.596. The van der Waals surface area contributed by atoms with E-state index >= 15 is 0 Å². The molecule has 0 unspecified atom stereocenters. The van der Waals surface area contributed by atoms with Crippen LogP contribution < -0.4 is 5.73 Å². The molecule has 0 radical (unpaired) electrons. The fourth-order valence-corrected chi connectivity index (χ4v) is 1.78. The van der Waals surface area contributed by atoms with Crippen molar-refractivity contribution in [2.24, 2.45) is 0 Å². The third-order valence-corrected chi connectivity index (χ3v) is 2.52. The average molecular weight is 180 g/mol. The first-order valence-corrected chi connectivity index (χ1v) is 4.35. The van der Waals surface area contributed by atoms with E-state index in [9.17, 15) is 0 Å². The van der Waals surface area contributed by atoms with E-state index in [1.807, 2.05) is 19.1 Å². The van der Waals surface area contributed by atoms with Gasteiger partial charge in [0.15, 0.2) is 5.76 Å². The minimum atomic E-state index is 0.219. The topological polar surface area (TPSA) is 52.0 Å². The Balaban J connectivity index is 2.43. The summed E-state index contributed by atoms with van der Waals surface area (Å²) in [5.41, 5.74) is 5.35. The van der Waals surface area contributed by atoms with Crippen LogP contribution in [0.1, 0.15) is 4.88 Å². The number of aryl methyl sites for hydroxylation is 1. The minimum absolute atomic E-state index is 0.219. The predicted molar refractivity (Wildman–Crippen MR) is 49.0 cm³/mol. The van der Waals surface area contributed by atoms with Gasteiger partial charge in [-0.05, 0) is 19.1 Å². The predicted octanol–water partition coefficient (Wildman–Crippen LogP) is 2.29. The van der Waals surface area contributed by atoms with Gasteiger partial charge in [-0.15, -0.1) is 11.3 Å². The first kappa shape index (κ1) is 7.36. The van der Waals surface area contributed by atoms with Crippen molar-refractivity contribution in [1.82, 2.24) is 4.98 Å². The van der Waals surface area contributed by atoms with Crippen molar-refractivity contribution in [3.63, 3.8) is 0 Å². The summed E-state index contributed by atoms with van der Waals surface area (Å²) in [5, 5.41) is 0. The van der Waals surface area contributed by atoms with Gasteiger partial charge in [-0.3, -0.25) is 0 Å². The highest BCUT2D eigenvalue weighted by Gasteiger charge is 2.05. The Morgan fingerprint density at radius 3 is 2.83 bits per heavy atom. The molecule has 2 rings (SSSR count). The standard InChI is InChI=1S/C8H8N2OS/c1-5-2-3-7(12-5)6-4-10-8(9)11-6/h2-4H,1H3,(H2,9,10). The molecule has 0 spiro atoms. The van der Waals surface area contributed by atoms with Gasteiger partial charge in [0.05, 0.1) is 11.1 Å². The average Bonchev–Trinajstić information content (AvgIpc) is 2.58. The largest absolute Gasteiger partial charge is 0.423 e. The molecular weight excluding hydrogens is 172 g/mol. The third kappa shape index (κ3) is 1.21. The van der Waals surface area contributed by atoms with E-state index in [1.54, 1.807) is 17.5 Å². The third-order valence-electron chi connectivity index (χ3n) is 1.51. The normalized spacial score (nSPS) is 10.4. The summed E-state index contributed by atoms with van der Waals surface area (Å²) in [5.74, 6) is 0.741. The van der Waals surface area contributed by atoms with Gasteiger partial charge in [-0.25, -0.2) is 4.98 Å². The van der Waals surface area contributed by atoms with Crippen LogP contribution in [0.3, 0.4) is 0 Å². The lowest BCUT2D eigenvalue weighted by Gasteiger charge is -1.85. The molecule has 62 valence electrons. The monoisotopic (exact) mass is 180 g/mol. The summed E-state index contributed by atoms with van der Waals surface area (Å²) in [6.45, 7) is 2.05. The summed E-state index contributed by atoms with van der Waals surface area (Å²) in [6.07, 6.45) is 1.64. The molecule has 2 aromatic rings. The highest BCUT2D eigenvalue weighted by molar-refractivity contribution is 7.15. The van der Waals surface area contributed by atoms with E-state index in [2.05, 4.69) is 4.98 Å². The Kier molecular flexibility index (Phi) is 1.62. The maximum atomic E-state index is 5.35. The lowest BCUT2D eigenvalue weighted by Crippen LogP contribution is -1.79. The Bertz CT molecular complexity index is 353. The summed E-state index contributed by atoms with van der Waals surface area (Å²) in [6, 6.07) is 4.26. The Morgan fingerprint density at radius 1 is 1.50 bits per heavy atom. The zero-order chi connectivity index (χ0) is 8.55. The zero-order valence-corrected chi connectivity index (χ0v) is 7.39. The van der Waals surface area contributed by atoms with Gasteiger partial charge in [0.1, 0.15) is 0 Å². The molecule has 0 aliphatic rings. The van der Waals surface area contributed by atoms with Crippen LogP contribution in [0.15, 0.2) is 22.7 Å². The van der Waals surface area contributed by atoms with Crippen LogP contribution in [0, 0.1) is 6.92 Å². The molecule has 0 atom stereocenters. The number of rotatable bonds is 1. The number of nitrogens with two attached hydrogens (primary N) is 1. The first-order valence-electron chi connectivity index (χ1n) is 3.54. The van der Waals surface area contributed by atoms with Crippen LogP contribution in [0.25, 0.3) is 10.6 Å². The first-order chi connectivity index (χ1) is 5.75. The molecule has 0 saturated heterocycles. The highest BCUT2D eigenvalue weighted by atomic mass is 32.1. The summed E-state index contributed by atoms with van der Waals surface area (Å²) >= 11 is 1.66. The number of thiophene rings is 1. The number of hydrogen-bond donors (Lipinski definition) is 1. The molecule has 0 aliphatic carbocycles. The van der Waals surface area contributed by atoms with Crippen molar-refractivity contribution in [3.8, 4) is 10.6 Å². The van der Waals surface area contributed by atoms with Crippen molar-refractivity contribution >= 4 is 17.4 Å². The summed E-state index contributed by atoms with van der Waals surface area (Å²) in [4.78, 5) is 6.14. The van der Waals surface area contributed by atoms with Crippen molar-refractivity contribution in [2.75, 3.05) is 5.73 Å². The molecule has 2 N–H and O–H groups in total. The van der Waals surface area contributed by atoms with Crippen LogP contribution in [0.2, 0.25) is 0 Å². The summed E-state index contributed by atoms with van der Waals surface area (Å²) in [7, 11) is 0. The van der Waals surface area contributed by atoms with E-state index in [0.717, 1.165) is 10.6 Å². The van der Waals surface area contributed by atoms with Crippen LogP contribution in [-0.2, 0) is 0 Å². The molecule has 0 saturated carbocycles. The fraction of sp³-hybridized carbons (Fsp3) is 0.125. The van der Waals surface area contributed by atoms with Crippen LogP contribution in [0.4, 0.5) is 6.01 Å². The maximum absolute atomic E-state index is 5.35. The van der Waals surface area contributed by atoms with Crippen molar-refractivity contribution in [3.05, 3.63) is 23.2 Å². The number of hydrogen-bond acceptors (Lipinski definition) is 4. The summed E-state index contributed by atoms with van der Waals surface area (Å²) < 4.78 is 5.16. The van der Waals surface area contributed by atoms with Gasteiger partial charge in [-0.2, -0.15) is 0 Å². The quantitative estimate of drug-likeness (QED) is 0.732. The van der Waals surface area contributed by atoms with Crippen molar-refractivity contribution < 1.29 is 4.42 Å². The molecule has 0 aromatic carbocycles. The molecule has 0 fully saturated rings. The van der Waals surface area contributed by atoms with E-state index in [1.165, 1.54) is 4.88 Å². The second kappa shape index (κ2) is 2.64. The molecule has 0 amide bonds. The zero-order valence-electron chi connectivity index (χ0n) is 6.57. The van der Waals surface area contributed by atoms with Crippen LogP contribution in [-0.4, -0.2) is 4.98 Å². The van der Waals surface area contributed by atoms with Crippen LogP contribution in [0.5, 0.6) is 0 Å². The van der Waals surface area contributed by atoms with Gasteiger partial charge in [0.2, 0.25) is 0 Å². The molecule has 0 bridgehead atoms. The second-order valence-electron chi connectivity index (χ2n) is 2.47. The number of nitrogens with zero attached hydrogens (tertiary/aromatic N) is 1. The Hall–Kier alpha value is -1.29. The van der Waals surface area contributed by atoms with Crippen LogP contribution >= 0.6 is 11.3 Å². The van der Waals surface area contributed by atoms with Crippen molar-refractivity contribution in [2.45, 2.75) is 6.92 Å². The van der Waals surface area contributed by atoms with Gasteiger partial charge >= 0.3 is 0 Å². The van der Waals surface area contributed by atoms with Gasteiger partial charge in [0, 0.05) is 4.88 Å². The van der Waals surface area contributed by atoms with E-state index in [0.29, 0.717) is 0 Å². The number of oxazole rings is 1.